The lowest BCUT2D eigenvalue weighted by Gasteiger charge is -2.37. The van der Waals surface area contributed by atoms with Gasteiger partial charge in [0.2, 0.25) is 5.89 Å². The highest BCUT2D eigenvalue weighted by Crippen LogP contribution is 2.25. The Labute approximate surface area is 123 Å². The molecular weight excluding hydrogens is 270 g/mol. The molecule has 0 aliphatic carbocycles. The second kappa shape index (κ2) is 5.57. The van der Waals surface area contributed by atoms with Crippen molar-refractivity contribution in [2.24, 2.45) is 0 Å². The van der Waals surface area contributed by atoms with Crippen LogP contribution >= 0.6 is 0 Å². The second-order valence-corrected chi connectivity index (χ2v) is 5.71. The third kappa shape index (κ3) is 2.84. The summed E-state index contributed by atoms with van der Waals surface area (Å²) in [5.41, 5.74) is 2.15. The van der Waals surface area contributed by atoms with Crippen LogP contribution in [0.2, 0.25) is 0 Å². The van der Waals surface area contributed by atoms with Gasteiger partial charge in [0, 0.05) is 31.7 Å². The van der Waals surface area contributed by atoms with Crippen LogP contribution in [0.5, 0.6) is 0 Å². The number of hydrogen-bond acceptors (Lipinski definition) is 7. The van der Waals surface area contributed by atoms with E-state index in [2.05, 4.69) is 32.1 Å². The van der Waals surface area contributed by atoms with Crippen molar-refractivity contribution in [3.63, 3.8) is 0 Å². The van der Waals surface area contributed by atoms with Crippen molar-refractivity contribution in [2.75, 3.05) is 26.7 Å². The van der Waals surface area contributed by atoms with E-state index < -0.39 is 0 Å². The molecule has 1 unspecified atom stereocenters. The van der Waals surface area contributed by atoms with Crippen molar-refractivity contribution >= 4 is 0 Å². The molecule has 0 N–H and O–H groups in total. The van der Waals surface area contributed by atoms with Crippen LogP contribution in [0.1, 0.15) is 34.8 Å². The third-order valence-electron chi connectivity index (χ3n) is 4.12. The van der Waals surface area contributed by atoms with E-state index in [9.17, 15) is 0 Å². The fourth-order valence-corrected chi connectivity index (χ4v) is 2.74. The highest BCUT2D eigenvalue weighted by atomic mass is 16.5. The molecule has 0 bridgehead atoms. The van der Waals surface area contributed by atoms with Crippen LogP contribution in [0.25, 0.3) is 0 Å². The number of aryl methyl sites for hydroxylation is 3. The number of rotatable bonds is 3. The molecule has 7 nitrogen and oxygen atoms in total. The summed E-state index contributed by atoms with van der Waals surface area (Å²) in [4.78, 5) is 9.02. The van der Waals surface area contributed by atoms with Crippen LogP contribution in [0.4, 0.5) is 0 Å². The first-order valence-corrected chi connectivity index (χ1v) is 7.19. The Morgan fingerprint density at radius 1 is 1.14 bits per heavy atom. The van der Waals surface area contributed by atoms with Gasteiger partial charge in [-0.2, -0.15) is 4.98 Å². The van der Waals surface area contributed by atoms with Gasteiger partial charge in [-0.3, -0.25) is 9.80 Å². The minimum atomic E-state index is 0.139. The van der Waals surface area contributed by atoms with E-state index >= 15 is 0 Å². The van der Waals surface area contributed by atoms with Gasteiger partial charge in [0.25, 0.3) is 0 Å². The topological polar surface area (TPSA) is 71.4 Å². The summed E-state index contributed by atoms with van der Waals surface area (Å²) in [6.07, 6.45) is 0. The monoisotopic (exact) mass is 291 g/mol. The average Bonchev–Trinajstić information content (AvgIpc) is 3.01. The lowest BCUT2D eigenvalue weighted by atomic mass is 10.1. The Hall–Kier alpha value is -1.73. The largest absolute Gasteiger partial charge is 0.361 e. The zero-order valence-electron chi connectivity index (χ0n) is 13.0. The summed E-state index contributed by atoms with van der Waals surface area (Å²) in [5.74, 6) is 2.27. The van der Waals surface area contributed by atoms with Crippen LogP contribution in [-0.4, -0.2) is 51.8 Å². The van der Waals surface area contributed by atoms with Gasteiger partial charge in [-0.1, -0.05) is 10.3 Å². The van der Waals surface area contributed by atoms with Gasteiger partial charge in [0.05, 0.1) is 5.69 Å². The summed E-state index contributed by atoms with van der Waals surface area (Å²) < 4.78 is 10.6. The maximum Gasteiger partial charge on any atom is 0.245 e. The van der Waals surface area contributed by atoms with Crippen LogP contribution in [0.15, 0.2) is 9.05 Å². The molecule has 0 aromatic carbocycles. The number of nitrogens with zero attached hydrogens (tertiary/aromatic N) is 5. The highest BCUT2D eigenvalue weighted by molar-refractivity contribution is 5.20. The van der Waals surface area contributed by atoms with Gasteiger partial charge in [0.1, 0.15) is 11.8 Å². The smallest absolute Gasteiger partial charge is 0.245 e. The summed E-state index contributed by atoms with van der Waals surface area (Å²) in [7, 11) is 2.09. The van der Waals surface area contributed by atoms with E-state index in [1.807, 2.05) is 20.8 Å². The second-order valence-electron chi connectivity index (χ2n) is 5.71. The molecule has 7 heteroatoms. The Morgan fingerprint density at radius 2 is 1.95 bits per heavy atom. The first-order chi connectivity index (χ1) is 10.0. The normalized spacial score (nSPS) is 21.0. The summed E-state index contributed by atoms with van der Waals surface area (Å²) >= 11 is 0. The minimum absolute atomic E-state index is 0.139. The molecule has 2 aromatic rings. The molecule has 21 heavy (non-hydrogen) atoms. The average molecular weight is 291 g/mol. The summed E-state index contributed by atoms with van der Waals surface area (Å²) in [6, 6.07) is 0.139. The van der Waals surface area contributed by atoms with Crippen LogP contribution in [-0.2, 0) is 6.54 Å². The lowest BCUT2D eigenvalue weighted by molar-refractivity contribution is 0.0711. The van der Waals surface area contributed by atoms with Gasteiger partial charge < -0.3 is 9.05 Å². The van der Waals surface area contributed by atoms with Crippen molar-refractivity contribution < 1.29 is 9.05 Å². The lowest BCUT2D eigenvalue weighted by Crippen LogP contribution is -2.46. The molecular formula is C14H21N5O2. The van der Waals surface area contributed by atoms with Crippen LogP contribution < -0.4 is 0 Å². The number of aromatic nitrogens is 3. The Balaban J connectivity index is 1.74. The minimum Gasteiger partial charge on any atom is -0.361 e. The molecule has 0 spiro atoms. The fraction of sp³-hybridized carbons (Fsp3) is 0.643. The predicted octanol–water partition coefficient (Wildman–Crippen LogP) is 1.47. The van der Waals surface area contributed by atoms with Crippen molar-refractivity contribution in [1.29, 1.82) is 0 Å². The Bertz CT molecular complexity index is 601. The van der Waals surface area contributed by atoms with Crippen molar-refractivity contribution in [1.82, 2.24) is 25.1 Å². The molecule has 0 amide bonds. The van der Waals surface area contributed by atoms with Gasteiger partial charge in [0.15, 0.2) is 5.82 Å². The maximum atomic E-state index is 5.34. The predicted molar refractivity (Wildman–Crippen MR) is 75.7 cm³/mol. The van der Waals surface area contributed by atoms with Crippen molar-refractivity contribution in [2.45, 2.75) is 33.4 Å². The Morgan fingerprint density at radius 3 is 2.57 bits per heavy atom. The number of likely N-dealkylation sites (N-methyl/N-ethyl adjacent to an activating group) is 1. The van der Waals surface area contributed by atoms with Gasteiger partial charge in [-0.05, 0) is 27.8 Å². The molecule has 1 saturated heterocycles. The van der Waals surface area contributed by atoms with Crippen LogP contribution in [0.3, 0.4) is 0 Å². The molecule has 114 valence electrons. The van der Waals surface area contributed by atoms with E-state index in [-0.39, 0.29) is 6.04 Å². The molecule has 1 aliphatic heterocycles. The SMILES string of the molecule is Cc1noc(C2CN(Cc3c(C)noc3C)CCN2C)n1. The Kier molecular flexibility index (Phi) is 3.77. The summed E-state index contributed by atoms with van der Waals surface area (Å²) in [6.45, 7) is 9.48. The van der Waals surface area contributed by atoms with E-state index in [1.54, 1.807) is 0 Å². The number of hydrogen-bond donors (Lipinski definition) is 0. The molecule has 3 rings (SSSR count). The first kappa shape index (κ1) is 14.2. The quantitative estimate of drug-likeness (QED) is 0.848. The molecule has 0 radical (unpaired) electrons. The maximum absolute atomic E-state index is 5.34. The summed E-state index contributed by atoms with van der Waals surface area (Å²) in [5, 5.41) is 7.92. The first-order valence-electron chi connectivity index (χ1n) is 7.19. The van der Waals surface area contributed by atoms with E-state index in [0.717, 1.165) is 37.6 Å². The van der Waals surface area contributed by atoms with Crippen molar-refractivity contribution in [3.8, 4) is 0 Å². The van der Waals surface area contributed by atoms with Crippen LogP contribution in [0, 0.1) is 20.8 Å². The van der Waals surface area contributed by atoms with Gasteiger partial charge in [-0.15, -0.1) is 0 Å². The van der Waals surface area contributed by atoms with Crippen molar-refractivity contribution in [3.05, 3.63) is 28.7 Å². The van der Waals surface area contributed by atoms with E-state index in [1.165, 1.54) is 5.56 Å². The molecule has 0 saturated carbocycles. The van der Waals surface area contributed by atoms with Gasteiger partial charge >= 0.3 is 0 Å². The zero-order chi connectivity index (χ0) is 15.0. The highest BCUT2D eigenvalue weighted by Gasteiger charge is 2.30. The standard InChI is InChI=1S/C14H21N5O2/c1-9-12(10(2)20-16-9)7-19-6-5-18(4)13(8-19)14-15-11(3)17-21-14/h13H,5-8H2,1-4H3. The molecule has 1 atom stereocenters. The van der Waals surface area contributed by atoms with E-state index in [4.69, 9.17) is 9.05 Å². The fourth-order valence-electron chi connectivity index (χ4n) is 2.74. The molecule has 3 heterocycles. The third-order valence-corrected chi connectivity index (χ3v) is 4.12. The van der Waals surface area contributed by atoms with Gasteiger partial charge in [-0.25, -0.2) is 0 Å². The molecule has 1 aliphatic rings. The molecule has 2 aromatic heterocycles. The number of piperazine rings is 1. The molecule has 1 fully saturated rings. The zero-order valence-corrected chi connectivity index (χ0v) is 13.0. The van der Waals surface area contributed by atoms with E-state index in [0.29, 0.717) is 11.7 Å².